The molecule has 1 N–H and O–H groups in total. The van der Waals surface area contributed by atoms with Gasteiger partial charge in [0.15, 0.2) is 0 Å². The summed E-state index contributed by atoms with van der Waals surface area (Å²) in [5, 5.41) is 6.98. The number of anilines is 1. The van der Waals surface area contributed by atoms with Gasteiger partial charge >= 0.3 is 0 Å². The van der Waals surface area contributed by atoms with Crippen LogP contribution in [0.2, 0.25) is 0 Å². The molecular weight excluding hydrogens is 324 g/mol. The van der Waals surface area contributed by atoms with Crippen LogP contribution >= 0.6 is 11.5 Å². The third-order valence-corrected chi connectivity index (χ3v) is 5.06. The first-order valence-corrected chi connectivity index (χ1v) is 8.84. The van der Waals surface area contributed by atoms with Gasteiger partial charge in [-0.2, -0.15) is 0 Å². The van der Waals surface area contributed by atoms with Crippen molar-refractivity contribution in [2.75, 3.05) is 18.5 Å². The van der Waals surface area contributed by atoms with Crippen LogP contribution in [0.25, 0.3) is 0 Å². The molecule has 1 aliphatic rings. The summed E-state index contributed by atoms with van der Waals surface area (Å²) in [5.74, 6) is -0.0965. The lowest BCUT2D eigenvalue weighted by Crippen LogP contribution is -2.37. The highest BCUT2D eigenvalue weighted by Gasteiger charge is 2.29. The summed E-state index contributed by atoms with van der Waals surface area (Å²) in [6, 6.07) is 7.84. The van der Waals surface area contributed by atoms with Gasteiger partial charge in [0.1, 0.15) is 4.88 Å². The molecule has 1 atom stereocenters. The fourth-order valence-electron chi connectivity index (χ4n) is 2.99. The number of carbonyl (C=O) groups is 2. The Bertz CT molecular complexity index is 759. The number of aromatic nitrogens is 2. The van der Waals surface area contributed by atoms with E-state index in [2.05, 4.69) is 14.9 Å². The van der Waals surface area contributed by atoms with E-state index in [0.29, 0.717) is 17.8 Å². The van der Waals surface area contributed by atoms with Gasteiger partial charge in [0.25, 0.3) is 5.91 Å². The molecule has 1 aliphatic heterocycles. The van der Waals surface area contributed by atoms with Crippen LogP contribution in [0, 0.1) is 0 Å². The number of aryl methyl sites for hydroxylation is 1. The third-order valence-electron chi connectivity index (χ3n) is 4.29. The molecule has 6 nitrogen and oxygen atoms in total. The van der Waals surface area contributed by atoms with Crippen molar-refractivity contribution < 1.29 is 9.59 Å². The van der Waals surface area contributed by atoms with Crippen LogP contribution in [-0.4, -0.2) is 35.0 Å². The van der Waals surface area contributed by atoms with E-state index < -0.39 is 0 Å². The first-order chi connectivity index (χ1) is 11.6. The number of carbonyl (C=O) groups excluding carboxylic acids is 2. The molecule has 0 radical (unpaired) electrons. The molecule has 1 aromatic heterocycles. The summed E-state index contributed by atoms with van der Waals surface area (Å²) in [5.41, 5.74) is 2.76. The highest BCUT2D eigenvalue weighted by atomic mass is 32.1. The fraction of sp³-hybridized carbons (Fsp3) is 0.412. The molecule has 0 saturated carbocycles. The lowest BCUT2D eigenvalue weighted by Gasteiger charge is -2.31. The number of hydrogen-bond acceptors (Lipinski definition) is 5. The number of para-hydroxylation sites is 1. The van der Waals surface area contributed by atoms with Gasteiger partial charge in [-0.3, -0.25) is 9.59 Å². The predicted molar refractivity (Wildman–Crippen MR) is 93.4 cm³/mol. The van der Waals surface area contributed by atoms with Crippen LogP contribution in [0.5, 0.6) is 0 Å². The molecule has 0 saturated heterocycles. The highest BCUT2D eigenvalue weighted by molar-refractivity contribution is 7.08. The van der Waals surface area contributed by atoms with Gasteiger partial charge in [-0.25, -0.2) is 0 Å². The van der Waals surface area contributed by atoms with Gasteiger partial charge in [-0.15, -0.1) is 5.10 Å². The lowest BCUT2D eigenvalue weighted by atomic mass is 9.89. The minimum atomic E-state index is -0.155. The predicted octanol–water partition coefficient (Wildman–Crippen LogP) is 2.37. The summed E-state index contributed by atoms with van der Waals surface area (Å²) >= 11 is 1.12. The van der Waals surface area contributed by atoms with Gasteiger partial charge in [0, 0.05) is 31.6 Å². The Kier molecular flexibility index (Phi) is 4.89. The number of fused-ring (bicyclic) bond motifs is 1. The molecule has 2 amide bonds. The van der Waals surface area contributed by atoms with Gasteiger partial charge < -0.3 is 10.2 Å². The normalized spacial score (nSPS) is 16.8. The molecule has 3 rings (SSSR count). The molecule has 2 aromatic rings. The van der Waals surface area contributed by atoms with Gasteiger partial charge in [0.05, 0.1) is 5.69 Å². The minimum absolute atomic E-state index is 0.00986. The molecule has 7 heteroatoms. The van der Waals surface area contributed by atoms with Crippen LogP contribution in [0.1, 0.15) is 46.6 Å². The third kappa shape index (κ3) is 3.17. The van der Waals surface area contributed by atoms with E-state index in [1.54, 1.807) is 11.9 Å². The topological polar surface area (TPSA) is 75.2 Å². The maximum atomic E-state index is 12.4. The molecule has 0 aliphatic carbocycles. The second-order valence-electron chi connectivity index (χ2n) is 5.92. The molecule has 0 bridgehead atoms. The van der Waals surface area contributed by atoms with E-state index in [-0.39, 0.29) is 17.7 Å². The number of rotatable bonds is 5. The molecule has 2 heterocycles. The van der Waals surface area contributed by atoms with Crippen molar-refractivity contribution in [2.45, 2.75) is 32.1 Å². The van der Waals surface area contributed by atoms with E-state index in [0.717, 1.165) is 41.3 Å². The summed E-state index contributed by atoms with van der Waals surface area (Å²) in [4.78, 5) is 26.9. The number of benzene rings is 1. The zero-order valence-corrected chi connectivity index (χ0v) is 14.6. The van der Waals surface area contributed by atoms with Gasteiger partial charge in [0.2, 0.25) is 5.91 Å². The summed E-state index contributed by atoms with van der Waals surface area (Å²) in [6.45, 7) is 2.47. The molecule has 0 fully saturated rings. The van der Waals surface area contributed by atoms with E-state index in [1.165, 1.54) is 0 Å². The minimum Gasteiger partial charge on any atom is -0.351 e. The molecule has 1 aromatic carbocycles. The van der Waals surface area contributed by atoms with Crippen LogP contribution in [0.15, 0.2) is 24.3 Å². The van der Waals surface area contributed by atoms with Crippen molar-refractivity contribution >= 4 is 29.0 Å². The summed E-state index contributed by atoms with van der Waals surface area (Å²) in [6.07, 6.45) is 2.06. The summed E-state index contributed by atoms with van der Waals surface area (Å²) < 4.78 is 3.88. The molecule has 0 spiro atoms. The van der Waals surface area contributed by atoms with Crippen LogP contribution in [-0.2, 0) is 11.2 Å². The van der Waals surface area contributed by atoms with E-state index in [9.17, 15) is 9.59 Å². The number of nitrogens with one attached hydrogen (secondary N) is 1. The fourth-order valence-corrected chi connectivity index (χ4v) is 3.61. The van der Waals surface area contributed by atoms with E-state index >= 15 is 0 Å². The SMILES string of the molecule is CCCc1nnsc1C(=O)NC[C@@H]1CC(=O)N(C)c2ccccc21. The number of hydrogen-bond donors (Lipinski definition) is 1. The number of nitrogens with zero attached hydrogens (tertiary/aromatic N) is 3. The second-order valence-corrected chi connectivity index (χ2v) is 6.68. The quantitative estimate of drug-likeness (QED) is 0.903. The first kappa shape index (κ1) is 16.6. The van der Waals surface area contributed by atoms with Gasteiger partial charge in [-0.05, 0) is 29.6 Å². The van der Waals surface area contributed by atoms with Crippen molar-refractivity contribution in [3.8, 4) is 0 Å². The summed E-state index contributed by atoms with van der Waals surface area (Å²) in [7, 11) is 1.79. The average Bonchev–Trinajstić information content (AvgIpc) is 3.05. The van der Waals surface area contributed by atoms with Crippen molar-refractivity contribution in [1.29, 1.82) is 0 Å². The average molecular weight is 344 g/mol. The van der Waals surface area contributed by atoms with Gasteiger partial charge in [-0.1, -0.05) is 36.0 Å². The highest BCUT2D eigenvalue weighted by Crippen LogP contribution is 2.34. The van der Waals surface area contributed by atoms with Crippen LogP contribution in [0.3, 0.4) is 0 Å². The van der Waals surface area contributed by atoms with E-state index in [1.807, 2.05) is 31.2 Å². The Morgan fingerprint density at radius 3 is 3.00 bits per heavy atom. The Morgan fingerprint density at radius 1 is 1.42 bits per heavy atom. The zero-order valence-electron chi connectivity index (χ0n) is 13.8. The zero-order chi connectivity index (χ0) is 17.1. The Labute approximate surface area is 145 Å². The lowest BCUT2D eigenvalue weighted by molar-refractivity contribution is -0.119. The van der Waals surface area contributed by atoms with Crippen molar-refractivity contribution in [2.24, 2.45) is 0 Å². The second kappa shape index (κ2) is 7.09. The van der Waals surface area contributed by atoms with E-state index in [4.69, 9.17) is 0 Å². The molecular formula is C17H20N4O2S. The Morgan fingerprint density at radius 2 is 2.21 bits per heavy atom. The maximum absolute atomic E-state index is 12.4. The maximum Gasteiger partial charge on any atom is 0.264 e. The monoisotopic (exact) mass is 344 g/mol. The smallest absolute Gasteiger partial charge is 0.264 e. The Hall–Kier alpha value is -2.28. The molecule has 24 heavy (non-hydrogen) atoms. The van der Waals surface area contributed by atoms with Crippen LogP contribution in [0.4, 0.5) is 5.69 Å². The molecule has 126 valence electrons. The van der Waals surface area contributed by atoms with Crippen molar-refractivity contribution in [3.05, 3.63) is 40.4 Å². The number of amides is 2. The Balaban J connectivity index is 1.73. The largest absolute Gasteiger partial charge is 0.351 e. The first-order valence-electron chi connectivity index (χ1n) is 8.06. The van der Waals surface area contributed by atoms with Crippen molar-refractivity contribution in [3.63, 3.8) is 0 Å². The standard InChI is InChI=1S/C17H20N4O2S/c1-3-6-13-16(24-20-19-13)17(23)18-10-11-9-15(22)21(2)14-8-5-4-7-12(11)14/h4-5,7-8,11H,3,6,9-10H2,1-2H3,(H,18,23)/t11-/m0/s1. The van der Waals surface area contributed by atoms with Crippen molar-refractivity contribution in [1.82, 2.24) is 14.9 Å². The molecule has 0 unspecified atom stereocenters. The van der Waals surface area contributed by atoms with Crippen LogP contribution < -0.4 is 10.2 Å².